The van der Waals surface area contributed by atoms with Crippen LogP contribution in [0, 0.1) is 23.2 Å². The van der Waals surface area contributed by atoms with Crippen molar-refractivity contribution in [1.29, 1.82) is 0 Å². The molecule has 15 heteroatoms. The molecule has 5 aromatic rings. The third-order valence-corrected chi connectivity index (χ3v) is 14.9. The van der Waals surface area contributed by atoms with Crippen LogP contribution in [0.2, 0.25) is 0 Å². The van der Waals surface area contributed by atoms with Gasteiger partial charge in [0.1, 0.15) is 23.7 Å². The third kappa shape index (κ3) is 8.23. The van der Waals surface area contributed by atoms with Crippen LogP contribution in [0.15, 0.2) is 73.1 Å². The van der Waals surface area contributed by atoms with E-state index in [1.165, 1.54) is 14.2 Å². The number of likely N-dealkylation sites (tertiary alicyclic amines) is 2. The highest BCUT2D eigenvalue weighted by Crippen LogP contribution is 2.58. The van der Waals surface area contributed by atoms with Gasteiger partial charge < -0.3 is 44.6 Å². The molecule has 0 radical (unpaired) electrons. The van der Waals surface area contributed by atoms with Crippen molar-refractivity contribution in [2.75, 3.05) is 34.0 Å². The molecular weight excluding hydrogens is 825 g/mol. The quantitative estimate of drug-likeness (QED) is 0.102. The average Bonchev–Trinajstić information content (AvgIpc) is 3.97. The minimum Gasteiger partial charge on any atom is -0.453 e. The number of amides is 4. The number of nitrogens with zero attached hydrogens (tertiary/aromatic N) is 4. The van der Waals surface area contributed by atoms with Gasteiger partial charge in [-0.15, -0.1) is 0 Å². The number of H-pyrrole nitrogens is 2. The number of rotatable bonds is 11. The van der Waals surface area contributed by atoms with E-state index in [0.29, 0.717) is 38.5 Å². The van der Waals surface area contributed by atoms with E-state index in [1.54, 1.807) is 0 Å². The summed E-state index contributed by atoms with van der Waals surface area (Å²) in [7, 11) is 2.63. The molecule has 5 fully saturated rings. The molecule has 2 aliphatic carbocycles. The molecule has 2 saturated carbocycles. The van der Waals surface area contributed by atoms with Gasteiger partial charge in [0, 0.05) is 31.4 Å². The summed E-state index contributed by atoms with van der Waals surface area (Å²) in [6.07, 6.45) is 9.84. The van der Waals surface area contributed by atoms with Crippen molar-refractivity contribution in [2.24, 2.45) is 23.2 Å². The van der Waals surface area contributed by atoms with Gasteiger partial charge in [-0.3, -0.25) is 9.59 Å². The number of hydrogen-bond acceptors (Lipinski definition) is 9. The molecule has 3 aromatic carbocycles. The Kier molecular flexibility index (Phi) is 11.4. The number of nitrogens with one attached hydrogen (secondary N) is 4. The molecule has 5 aliphatic rings. The number of hydrogen-bond donors (Lipinski definition) is 4. The number of piperidine rings is 1. The summed E-state index contributed by atoms with van der Waals surface area (Å²) in [6.45, 7) is 5.65. The molecule has 4 N–H and O–H groups in total. The Bertz CT molecular complexity index is 2590. The van der Waals surface area contributed by atoms with Crippen LogP contribution in [0.1, 0.15) is 88.9 Å². The number of fused-ring (bicyclic) bond motifs is 3. The van der Waals surface area contributed by atoms with Gasteiger partial charge in [-0.1, -0.05) is 62.4 Å². The lowest BCUT2D eigenvalue weighted by atomic mass is 9.89. The summed E-state index contributed by atoms with van der Waals surface area (Å²) in [5.41, 5.74) is 6.08. The second-order valence-electron chi connectivity index (χ2n) is 19.2. The van der Waals surface area contributed by atoms with Gasteiger partial charge in [-0.05, 0) is 114 Å². The number of carbonyl (C=O) groups is 4. The van der Waals surface area contributed by atoms with E-state index in [-0.39, 0.29) is 47.2 Å². The molecule has 2 aromatic heterocycles. The molecule has 4 amide bonds. The second kappa shape index (κ2) is 17.3. The van der Waals surface area contributed by atoms with Crippen LogP contribution in [0.4, 0.5) is 9.59 Å². The largest absolute Gasteiger partial charge is 0.453 e. The molecule has 5 heterocycles. The minimum absolute atomic E-state index is 0.0233. The first-order valence-electron chi connectivity index (χ1n) is 23.2. The highest BCUT2D eigenvalue weighted by molar-refractivity contribution is 5.91. The number of alkyl carbamates (subject to hydrolysis) is 2. The Balaban J connectivity index is 0.832. The Hall–Kier alpha value is -6.22. The Morgan fingerprint density at radius 1 is 0.754 bits per heavy atom. The number of aromatic nitrogens is 4. The average molecular weight is 883 g/mol. The zero-order valence-corrected chi connectivity index (χ0v) is 37.5. The summed E-state index contributed by atoms with van der Waals surface area (Å²) in [6, 6.07) is 19.7. The normalized spacial score (nSPS) is 23.2. The zero-order chi connectivity index (χ0) is 45.0. The van der Waals surface area contributed by atoms with Gasteiger partial charge in [-0.2, -0.15) is 0 Å². The monoisotopic (exact) mass is 882 g/mol. The van der Waals surface area contributed by atoms with Crippen molar-refractivity contribution in [1.82, 2.24) is 40.4 Å². The zero-order valence-electron chi connectivity index (χ0n) is 37.5. The number of benzene rings is 3. The summed E-state index contributed by atoms with van der Waals surface area (Å²) in [5, 5.41) is 7.84. The molecule has 15 nitrogen and oxygen atoms in total. The lowest BCUT2D eigenvalue weighted by molar-refractivity contribution is -0.140. The molecule has 3 saturated heterocycles. The smallest absolute Gasteiger partial charge is 0.407 e. The van der Waals surface area contributed by atoms with Crippen LogP contribution in [0.3, 0.4) is 0 Å². The number of imidazole rings is 2. The molecule has 10 rings (SSSR count). The number of methoxy groups -OCH3 is 2. The maximum atomic E-state index is 14.4. The molecule has 6 atom stereocenters. The first-order chi connectivity index (χ1) is 31.5. The summed E-state index contributed by atoms with van der Waals surface area (Å²) < 4.78 is 15.3. The highest BCUT2D eigenvalue weighted by atomic mass is 16.5. The van der Waals surface area contributed by atoms with E-state index in [9.17, 15) is 19.2 Å². The Labute approximate surface area is 378 Å². The minimum atomic E-state index is -0.689. The van der Waals surface area contributed by atoms with Gasteiger partial charge in [0.15, 0.2) is 0 Å². The van der Waals surface area contributed by atoms with Crippen LogP contribution < -0.4 is 10.6 Å². The summed E-state index contributed by atoms with van der Waals surface area (Å²) in [5.74, 6) is 1.54. The fraction of sp³-hybridized carbons (Fsp3) is 0.480. The first-order valence-corrected chi connectivity index (χ1v) is 23.2. The molecule has 3 aliphatic heterocycles. The third-order valence-electron chi connectivity index (χ3n) is 14.9. The van der Waals surface area contributed by atoms with Crippen LogP contribution in [-0.4, -0.2) is 106 Å². The number of ether oxygens (including phenoxy) is 3. The fourth-order valence-electron chi connectivity index (χ4n) is 11.1. The van der Waals surface area contributed by atoms with Gasteiger partial charge >= 0.3 is 12.2 Å². The molecule has 340 valence electrons. The fourth-order valence-corrected chi connectivity index (χ4v) is 11.1. The molecular formula is C50H58N8O7. The van der Waals surface area contributed by atoms with E-state index < -0.39 is 24.3 Å². The number of aromatic amines is 2. The van der Waals surface area contributed by atoms with Crippen LogP contribution in [0.25, 0.3) is 44.4 Å². The van der Waals surface area contributed by atoms with Crippen molar-refractivity contribution in [3.63, 3.8) is 0 Å². The van der Waals surface area contributed by atoms with Gasteiger partial charge in [0.25, 0.3) is 0 Å². The van der Waals surface area contributed by atoms with E-state index in [2.05, 4.69) is 81.3 Å². The van der Waals surface area contributed by atoms with Crippen LogP contribution in [0.5, 0.6) is 0 Å². The van der Waals surface area contributed by atoms with E-state index in [1.807, 2.05) is 36.0 Å². The molecule has 2 bridgehead atoms. The van der Waals surface area contributed by atoms with Crippen molar-refractivity contribution in [2.45, 2.75) is 95.4 Å². The van der Waals surface area contributed by atoms with Crippen LogP contribution in [-0.2, 0) is 23.8 Å². The van der Waals surface area contributed by atoms with Gasteiger partial charge in [0.05, 0.1) is 50.1 Å². The topological polar surface area (TPSA) is 184 Å². The predicted octanol–water partition coefficient (Wildman–Crippen LogP) is 7.92. The standard InChI is InChI=1S/C50H58N8O7/c1-28(2)41(55-48(61)63-3)46(59)57-27-50(17-18-50)24-40(57)44-51-26-39(53-44)35-12-11-33-21-32(9-10-34(33)22-35)29-5-7-30(8-6-29)38-25-52-45(54-38)43-36-13-14-37(23-36)58(43)47(60)42(56-49(62)64-4)31-15-19-65-20-16-31/h5-12,21-22,25-26,28,31,36-37,40-43H,13-20,23-24,27H2,1-4H3,(H,51,53)(H,52,54)(H,55,61)(H,56,62)/t36-,37+,40-,41-,42-,43-/m0/s1. The molecule has 0 unspecified atom stereocenters. The van der Waals surface area contributed by atoms with Gasteiger partial charge in [0.2, 0.25) is 11.8 Å². The highest BCUT2D eigenvalue weighted by Gasteiger charge is 2.55. The number of carbonyl (C=O) groups excluding carboxylic acids is 4. The first kappa shape index (κ1) is 42.7. The maximum absolute atomic E-state index is 14.4. The maximum Gasteiger partial charge on any atom is 0.407 e. The summed E-state index contributed by atoms with van der Waals surface area (Å²) in [4.78, 5) is 73.6. The van der Waals surface area contributed by atoms with Crippen molar-refractivity contribution in [3.05, 3.63) is 84.7 Å². The summed E-state index contributed by atoms with van der Waals surface area (Å²) >= 11 is 0. The van der Waals surface area contributed by atoms with Crippen molar-refractivity contribution < 1.29 is 33.4 Å². The van der Waals surface area contributed by atoms with E-state index in [0.717, 1.165) is 94.6 Å². The Morgan fingerprint density at radius 2 is 1.37 bits per heavy atom. The predicted molar refractivity (Wildman–Crippen MR) is 243 cm³/mol. The lowest BCUT2D eigenvalue weighted by Crippen LogP contribution is -2.55. The SMILES string of the molecule is COC(=O)N[C@H](C(=O)N1CC2(CC2)C[C@H]1c1ncc(-c2ccc3cc(-c4ccc(-c5cnc([C@@H]6[C@H]7CC[C@H](C7)N6C(=O)[C@@H](NC(=O)OC)C6CCOCC6)[nH]5)cc4)ccc3c2)[nH]1)C(C)C. The van der Waals surface area contributed by atoms with Crippen LogP contribution >= 0.6 is 0 Å². The molecule has 1 spiro atoms. The van der Waals surface area contributed by atoms with Crippen molar-refractivity contribution in [3.8, 4) is 33.6 Å². The molecule has 65 heavy (non-hydrogen) atoms. The van der Waals surface area contributed by atoms with Crippen molar-refractivity contribution >= 4 is 34.8 Å². The lowest BCUT2D eigenvalue weighted by Gasteiger charge is -2.39. The second-order valence-corrected chi connectivity index (χ2v) is 19.2. The van der Waals surface area contributed by atoms with Gasteiger partial charge in [-0.25, -0.2) is 19.6 Å². The van der Waals surface area contributed by atoms with E-state index >= 15 is 0 Å². The Morgan fingerprint density at radius 3 is 2.06 bits per heavy atom. The van der Waals surface area contributed by atoms with E-state index in [4.69, 9.17) is 24.2 Å².